The van der Waals surface area contributed by atoms with Crippen LogP contribution in [0.4, 0.5) is 4.39 Å². The highest BCUT2D eigenvalue weighted by Crippen LogP contribution is 2.20. The summed E-state index contributed by atoms with van der Waals surface area (Å²) in [6, 6.07) is 5.77. The molecule has 1 heterocycles. The van der Waals surface area contributed by atoms with Gasteiger partial charge < -0.3 is 15.7 Å². The minimum Gasteiger partial charge on any atom is -0.424 e. The van der Waals surface area contributed by atoms with Crippen molar-refractivity contribution in [1.29, 1.82) is 0 Å². The van der Waals surface area contributed by atoms with Crippen molar-refractivity contribution in [3.05, 3.63) is 47.5 Å². The molecule has 0 fully saturated rings. The fourth-order valence-corrected chi connectivity index (χ4v) is 1.37. The van der Waals surface area contributed by atoms with Gasteiger partial charge in [0.05, 0.1) is 0 Å². The molecule has 19 heavy (non-hydrogen) atoms. The molecule has 0 atom stereocenters. The second-order valence-corrected chi connectivity index (χ2v) is 3.72. The molecule has 0 amide bonds. The number of hydrogen-bond donors (Lipinski definition) is 2. The van der Waals surface area contributed by atoms with E-state index in [1.807, 2.05) is 0 Å². The largest absolute Gasteiger partial charge is 0.424 e. The lowest BCUT2D eigenvalue weighted by Gasteiger charge is -2.06. The maximum Gasteiger partial charge on any atom is 0.322 e. The number of hydrogen-bond acceptors (Lipinski definition) is 5. The van der Waals surface area contributed by atoms with Crippen LogP contribution in [0.1, 0.15) is 11.3 Å². The first kappa shape index (κ1) is 12.7. The zero-order valence-corrected chi connectivity index (χ0v) is 10.0. The lowest BCUT2D eigenvalue weighted by atomic mass is 10.2. The molecule has 0 unspecified atom stereocenters. The first-order valence-corrected chi connectivity index (χ1v) is 5.35. The highest BCUT2D eigenvalue weighted by Gasteiger charge is 2.07. The molecule has 7 heteroatoms. The predicted molar refractivity (Wildman–Crippen MR) is 65.8 cm³/mol. The van der Waals surface area contributed by atoms with Gasteiger partial charge in [0.15, 0.2) is 5.84 Å². The third-order valence-electron chi connectivity index (χ3n) is 2.34. The van der Waals surface area contributed by atoms with Gasteiger partial charge in [-0.15, -0.1) is 0 Å². The van der Waals surface area contributed by atoms with E-state index in [1.165, 1.54) is 30.5 Å². The minimum atomic E-state index is -0.321. The Morgan fingerprint density at radius 3 is 2.89 bits per heavy atom. The van der Waals surface area contributed by atoms with Crippen molar-refractivity contribution >= 4 is 5.84 Å². The van der Waals surface area contributed by atoms with Gasteiger partial charge >= 0.3 is 6.01 Å². The molecule has 3 N–H and O–H groups in total. The Balaban J connectivity index is 2.26. The summed E-state index contributed by atoms with van der Waals surface area (Å²) in [5.74, 6) is -0.0724. The van der Waals surface area contributed by atoms with Crippen LogP contribution in [-0.4, -0.2) is 21.0 Å². The van der Waals surface area contributed by atoms with Crippen molar-refractivity contribution in [3.63, 3.8) is 0 Å². The van der Waals surface area contributed by atoms with Crippen LogP contribution in [0.3, 0.4) is 0 Å². The number of amidine groups is 1. The fourth-order valence-electron chi connectivity index (χ4n) is 1.37. The summed E-state index contributed by atoms with van der Waals surface area (Å²) < 4.78 is 18.5. The third-order valence-corrected chi connectivity index (χ3v) is 2.34. The lowest BCUT2D eigenvalue weighted by Crippen LogP contribution is -2.15. The first-order chi connectivity index (χ1) is 9.10. The van der Waals surface area contributed by atoms with Gasteiger partial charge in [0, 0.05) is 6.20 Å². The topological polar surface area (TPSA) is 93.6 Å². The Labute approximate surface area is 108 Å². The second-order valence-electron chi connectivity index (χ2n) is 3.72. The van der Waals surface area contributed by atoms with Gasteiger partial charge in [0.2, 0.25) is 0 Å². The van der Waals surface area contributed by atoms with Crippen molar-refractivity contribution < 1.29 is 14.3 Å². The zero-order chi connectivity index (χ0) is 13.8. The average molecular weight is 262 g/mol. The summed E-state index contributed by atoms with van der Waals surface area (Å²) in [6.45, 7) is 1.62. The van der Waals surface area contributed by atoms with Gasteiger partial charge in [-0.1, -0.05) is 5.16 Å². The number of halogens is 1. The molecule has 6 nitrogen and oxygen atoms in total. The Morgan fingerprint density at radius 2 is 2.21 bits per heavy atom. The van der Waals surface area contributed by atoms with Crippen LogP contribution >= 0.6 is 0 Å². The number of benzene rings is 1. The average Bonchev–Trinajstić information content (AvgIpc) is 2.42. The monoisotopic (exact) mass is 262 g/mol. The fraction of sp³-hybridized carbons (Fsp3) is 0.0833. The van der Waals surface area contributed by atoms with Gasteiger partial charge in [-0.3, -0.25) is 0 Å². The van der Waals surface area contributed by atoms with E-state index in [0.29, 0.717) is 11.3 Å². The van der Waals surface area contributed by atoms with Crippen LogP contribution in [0.5, 0.6) is 11.8 Å². The molecule has 0 aliphatic heterocycles. The Hall–Kier alpha value is -2.70. The standard InChI is InChI=1S/C12H11FN4O2/c1-7-6-8(2-3-9(7)13)19-12-15-5-4-10(16-12)11(14)17-18/h2-6,18H,1H3,(H2,14,17). The third kappa shape index (κ3) is 2.95. The van der Waals surface area contributed by atoms with E-state index in [9.17, 15) is 4.39 Å². The maximum absolute atomic E-state index is 13.1. The van der Waals surface area contributed by atoms with Gasteiger partial charge in [-0.05, 0) is 36.8 Å². The molecule has 0 radical (unpaired) electrons. The van der Waals surface area contributed by atoms with Crippen molar-refractivity contribution in [2.24, 2.45) is 10.9 Å². The highest BCUT2D eigenvalue weighted by molar-refractivity contribution is 5.95. The number of nitrogens with two attached hydrogens (primary N) is 1. The smallest absolute Gasteiger partial charge is 0.322 e. The molecule has 2 aromatic rings. The number of rotatable bonds is 3. The molecular formula is C12H11FN4O2. The Morgan fingerprint density at radius 1 is 1.42 bits per heavy atom. The molecule has 0 saturated carbocycles. The van der Waals surface area contributed by atoms with Crippen molar-refractivity contribution in [2.75, 3.05) is 0 Å². The molecule has 2 rings (SSSR count). The van der Waals surface area contributed by atoms with E-state index in [1.54, 1.807) is 6.92 Å². The van der Waals surface area contributed by atoms with Gasteiger partial charge in [0.1, 0.15) is 17.3 Å². The number of aryl methyl sites for hydroxylation is 1. The molecule has 1 aromatic heterocycles. The number of aromatic nitrogens is 2. The van der Waals surface area contributed by atoms with Crippen molar-refractivity contribution in [2.45, 2.75) is 6.92 Å². The number of ether oxygens (including phenoxy) is 1. The van der Waals surface area contributed by atoms with E-state index in [-0.39, 0.29) is 23.4 Å². The van der Waals surface area contributed by atoms with Crippen molar-refractivity contribution in [1.82, 2.24) is 9.97 Å². The molecule has 98 valence electrons. The SMILES string of the molecule is Cc1cc(Oc2nccc(/C(N)=N/O)n2)ccc1F. The summed E-state index contributed by atoms with van der Waals surface area (Å²) in [5.41, 5.74) is 6.08. The van der Waals surface area contributed by atoms with Gasteiger partial charge in [0.25, 0.3) is 0 Å². The molecule has 0 aliphatic carbocycles. The van der Waals surface area contributed by atoms with Crippen LogP contribution < -0.4 is 10.5 Å². The predicted octanol–water partition coefficient (Wildman–Crippen LogP) is 1.81. The van der Waals surface area contributed by atoms with Crippen molar-refractivity contribution in [3.8, 4) is 11.8 Å². The van der Waals surface area contributed by atoms with Crippen LogP contribution in [0.25, 0.3) is 0 Å². The second kappa shape index (κ2) is 5.30. The van der Waals surface area contributed by atoms with Crippen LogP contribution in [-0.2, 0) is 0 Å². The summed E-state index contributed by atoms with van der Waals surface area (Å²) >= 11 is 0. The van der Waals surface area contributed by atoms with E-state index in [0.717, 1.165) is 0 Å². The van der Waals surface area contributed by atoms with Gasteiger partial charge in [-0.25, -0.2) is 9.37 Å². The van der Waals surface area contributed by atoms with Crippen LogP contribution in [0.2, 0.25) is 0 Å². The summed E-state index contributed by atoms with van der Waals surface area (Å²) in [7, 11) is 0. The molecule has 0 aliphatic rings. The first-order valence-electron chi connectivity index (χ1n) is 5.35. The van der Waals surface area contributed by atoms with E-state index in [4.69, 9.17) is 15.7 Å². The lowest BCUT2D eigenvalue weighted by molar-refractivity contribution is 0.318. The number of nitrogens with zero attached hydrogens (tertiary/aromatic N) is 3. The highest BCUT2D eigenvalue weighted by atomic mass is 19.1. The quantitative estimate of drug-likeness (QED) is 0.381. The Bertz CT molecular complexity index is 631. The molecule has 1 aromatic carbocycles. The molecule has 0 spiro atoms. The van der Waals surface area contributed by atoms with Crippen LogP contribution in [0.15, 0.2) is 35.6 Å². The summed E-state index contributed by atoms with van der Waals surface area (Å²) in [5, 5.41) is 11.4. The molecular weight excluding hydrogens is 251 g/mol. The summed E-state index contributed by atoms with van der Waals surface area (Å²) in [6.07, 6.45) is 1.41. The molecule has 0 bridgehead atoms. The number of oxime groups is 1. The Kier molecular flexibility index (Phi) is 3.56. The minimum absolute atomic E-state index is 0.0232. The van der Waals surface area contributed by atoms with E-state index < -0.39 is 0 Å². The van der Waals surface area contributed by atoms with E-state index in [2.05, 4.69) is 15.1 Å². The van der Waals surface area contributed by atoms with E-state index >= 15 is 0 Å². The maximum atomic E-state index is 13.1. The van der Waals surface area contributed by atoms with Gasteiger partial charge in [-0.2, -0.15) is 4.98 Å². The summed E-state index contributed by atoms with van der Waals surface area (Å²) in [4.78, 5) is 7.83. The molecule has 0 saturated heterocycles. The normalized spacial score (nSPS) is 11.4. The van der Waals surface area contributed by atoms with Crippen LogP contribution in [0, 0.1) is 12.7 Å². The zero-order valence-electron chi connectivity index (χ0n) is 10.0.